The van der Waals surface area contributed by atoms with Crippen molar-refractivity contribution in [1.82, 2.24) is 19.4 Å². The molecule has 2 aliphatic rings. The van der Waals surface area contributed by atoms with Crippen molar-refractivity contribution in [3.05, 3.63) is 87.5 Å². The van der Waals surface area contributed by atoms with E-state index in [1.807, 2.05) is 4.90 Å². The van der Waals surface area contributed by atoms with Crippen molar-refractivity contribution in [3.63, 3.8) is 0 Å². The van der Waals surface area contributed by atoms with Crippen molar-refractivity contribution in [2.24, 2.45) is 0 Å². The van der Waals surface area contributed by atoms with Crippen molar-refractivity contribution in [2.45, 2.75) is 38.8 Å². The summed E-state index contributed by atoms with van der Waals surface area (Å²) in [6.07, 6.45) is 4.08. The summed E-state index contributed by atoms with van der Waals surface area (Å²) in [5, 5.41) is 0. The van der Waals surface area contributed by atoms with Crippen LogP contribution in [0.1, 0.15) is 36.1 Å². The van der Waals surface area contributed by atoms with Crippen LogP contribution in [0, 0.1) is 11.6 Å². The summed E-state index contributed by atoms with van der Waals surface area (Å²) in [6.45, 7) is 5.82. The van der Waals surface area contributed by atoms with Crippen LogP contribution in [0.5, 0.6) is 0 Å². The molecule has 1 saturated heterocycles. The number of carbonyl (C=O) groups excluding carboxylic acids is 1. The third kappa shape index (κ3) is 4.76. The minimum absolute atomic E-state index is 0.00511. The summed E-state index contributed by atoms with van der Waals surface area (Å²) < 4.78 is 29.9. The van der Waals surface area contributed by atoms with Crippen LogP contribution in [0.25, 0.3) is 20.7 Å². The average molecular weight is 535 g/mol. The fourth-order valence-corrected chi connectivity index (χ4v) is 6.69. The second-order valence-electron chi connectivity index (χ2n) is 10.2. The second kappa shape index (κ2) is 10.0. The smallest absolute Gasteiger partial charge is 0.271 e. The minimum atomic E-state index is -0.654. The molecule has 6 nitrogen and oxygen atoms in total. The van der Waals surface area contributed by atoms with E-state index in [0.717, 1.165) is 58.1 Å². The number of aryl methyl sites for hydroxylation is 1. The van der Waals surface area contributed by atoms with Crippen LogP contribution in [0.2, 0.25) is 0 Å². The molecule has 1 atom stereocenters. The molecule has 9 heteroatoms. The lowest BCUT2D eigenvalue weighted by Gasteiger charge is -2.34. The van der Waals surface area contributed by atoms with Gasteiger partial charge in [0.2, 0.25) is 5.91 Å². The van der Waals surface area contributed by atoms with Crippen LogP contribution in [-0.2, 0) is 24.2 Å². The maximum absolute atomic E-state index is 14.3. The SMILES string of the molecule is CC(=O)N1CCN(Cc2ccc3c(c2)CC[C@H](n2cnc4cc(-c5ccc(F)cc5F)sc4c2=O)C3)CC1. The first-order chi connectivity index (χ1) is 18.4. The number of rotatable bonds is 4. The number of thiophene rings is 1. The number of fused-ring (bicyclic) bond motifs is 2. The molecule has 0 saturated carbocycles. The molecule has 6 rings (SSSR count). The molecule has 2 aromatic heterocycles. The van der Waals surface area contributed by atoms with E-state index in [1.165, 1.54) is 40.2 Å². The molecule has 0 radical (unpaired) electrons. The summed E-state index contributed by atoms with van der Waals surface area (Å²) >= 11 is 1.20. The van der Waals surface area contributed by atoms with Crippen molar-refractivity contribution in [3.8, 4) is 10.4 Å². The maximum Gasteiger partial charge on any atom is 0.271 e. The quantitative estimate of drug-likeness (QED) is 0.378. The topological polar surface area (TPSA) is 58.4 Å². The van der Waals surface area contributed by atoms with Crippen LogP contribution >= 0.6 is 11.3 Å². The number of aromatic nitrogens is 2. The Labute approximate surface area is 223 Å². The van der Waals surface area contributed by atoms with E-state index in [-0.39, 0.29) is 23.1 Å². The van der Waals surface area contributed by atoms with Crippen LogP contribution in [-0.4, -0.2) is 51.4 Å². The largest absolute Gasteiger partial charge is 0.340 e. The Bertz CT molecular complexity index is 1590. The van der Waals surface area contributed by atoms with Gasteiger partial charge in [0.05, 0.1) is 11.8 Å². The summed E-state index contributed by atoms with van der Waals surface area (Å²) in [4.78, 5) is 34.3. The number of amides is 1. The van der Waals surface area contributed by atoms with E-state index < -0.39 is 11.6 Å². The first-order valence-corrected chi connectivity index (χ1v) is 13.7. The molecular weight excluding hydrogens is 506 g/mol. The van der Waals surface area contributed by atoms with Crippen molar-refractivity contribution < 1.29 is 13.6 Å². The van der Waals surface area contributed by atoms with Crippen LogP contribution in [0.15, 0.2) is 53.6 Å². The zero-order chi connectivity index (χ0) is 26.4. The summed E-state index contributed by atoms with van der Waals surface area (Å²) in [7, 11) is 0. The zero-order valence-electron chi connectivity index (χ0n) is 21.1. The Hall–Kier alpha value is -3.43. The molecule has 0 spiro atoms. The Morgan fingerprint density at radius 2 is 1.87 bits per heavy atom. The minimum Gasteiger partial charge on any atom is -0.340 e. The van der Waals surface area contributed by atoms with E-state index in [9.17, 15) is 18.4 Å². The molecule has 38 heavy (non-hydrogen) atoms. The monoisotopic (exact) mass is 534 g/mol. The van der Waals surface area contributed by atoms with Gasteiger partial charge >= 0.3 is 0 Å². The molecule has 1 amide bonds. The number of carbonyl (C=O) groups is 1. The highest BCUT2D eigenvalue weighted by Gasteiger charge is 2.24. The molecule has 4 aromatic rings. The van der Waals surface area contributed by atoms with Gasteiger partial charge in [-0.15, -0.1) is 11.3 Å². The normalized spacial score (nSPS) is 18.1. The number of hydrogen-bond acceptors (Lipinski definition) is 5. The summed E-state index contributed by atoms with van der Waals surface area (Å²) in [5.41, 5.74) is 4.52. The lowest BCUT2D eigenvalue weighted by atomic mass is 9.87. The zero-order valence-corrected chi connectivity index (χ0v) is 21.9. The van der Waals surface area contributed by atoms with Gasteiger partial charge in [-0.25, -0.2) is 13.8 Å². The highest BCUT2D eigenvalue weighted by Crippen LogP contribution is 2.34. The number of halogens is 2. The maximum atomic E-state index is 14.3. The predicted octanol–water partition coefficient (Wildman–Crippen LogP) is 4.80. The van der Waals surface area contributed by atoms with Gasteiger partial charge in [0, 0.05) is 62.2 Å². The number of nitrogens with zero attached hydrogens (tertiary/aromatic N) is 4. The standard InChI is InChI=1S/C29H28F2N4O2S/c1-18(36)34-10-8-33(9-11-34)16-19-2-3-21-13-23(6-4-20(21)12-19)35-17-32-26-15-27(38-28(26)29(35)37)24-7-5-22(30)14-25(24)31/h2-3,5,7,12,14-15,17,23H,4,6,8-11,13,16H2,1H3/t23-/m0/s1. The van der Waals surface area contributed by atoms with Gasteiger partial charge in [0.25, 0.3) is 5.56 Å². The molecule has 3 heterocycles. The fraction of sp³-hybridized carbons (Fsp3) is 0.345. The van der Waals surface area contributed by atoms with Crippen LogP contribution in [0.3, 0.4) is 0 Å². The Kier molecular flexibility index (Phi) is 6.57. The van der Waals surface area contributed by atoms with Gasteiger partial charge in [0.15, 0.2) is 0 Å². The van der Waals surface area contributed by atoms with Crippen LogP contribution in [0.4, 0.5) is 8.78 Å². The Balaban J connectivity index is 1.19. The van der Waals surface area contributed by atoms with Crippen molar-refractivity contribution in [2.75, 3.05) is 26.2 Å². The molecule has 196 valence electrons. The molecule has 1 aliphatic heterocycles. The van der Waals surface area contributed by atoms with Crippen molar-refractivity contribution >= 4 is 27.5 Å². The Morgan fingerprint density at radius 1 is 1.05 bits per heavy atom. The average Bonchev–Trinajstić information content (AvgIpc) is 3.34. The third-order valence-corrected chi connectivity index (χ3v) is 8.89. The number of piperazine rings is 1. The van der Waals surface area contributed by atoms with Gasteiger partial charge in [0.1, 0.15) is 16.3 Å². The molecule has 0 bridgehead atoms. The van der Waals surface area contributed by atoms with Gasteiger partial charge < -0.3 is 4.90 Å². The lowest BCUT2D eigenvalue weighted by molar-refractivity contribution is -0.130. The van der Waals surface area contributed by atoms with Gasteiger partial charge in [-0.05, 0) is 54.2 Å². The van der Waals surface area contributed by atoms with Crippen LogP contribution < -0.4 is 5.56 Å². The lowest BCUT2D eigenvalue weighted by Crippen LogP contribution is -2.47. The first kappa shape index (κ1) is 24.9. The van der Waals surface area contributed by atoms with Gasteiger partial charge in [-0.1, -0.05) is 18.2 Å². The van der Waals surface area contributed by atoms with E-state index in [4.69, 9.17) is 0 Å². The fourth-order valence-electron chi connectivity index (χ4n) is 5.61. The van der Waals surface area contributed by atoms with E-state index >= 15 is 0 Å². The second-order valence-corrected chi connectivity index (χ2v) is 11.2. The van der Waals surface area contributed by atoms with E-state index in [0.29, 0.717) is 15.1 Å². The highest BCUT2D eigenvalue weighted by atomic mass is 32.1. The summed E-state index contributed by atoms with van der Waals surface area (Å²) in [6, 6.07) is 11.8. The predicted molar refractivity (Wildman–Crippen MR) is 144 cm³/mol. The van der Waals surface area contributed by atoms with E-state index in [1.54, 1.807) is 23.9 Å². The Morgan fingerprint density at radius 3 is 2.63 bits per heavy atom. The molecule has 0 N–H and O–H groups in total. The van der Waals surface area contributed by atoms with Gasteiger partial charge in [-0.3, -0.25) is 19.1 Å². The third-order valence-electron chi connectivity index (χ3n) is 7.75. The number of benzene rings is 2. The molecule has 2 aromatic carbocycles. The molecule has 1 aliphatic carbocycles. The molecular formula is C29H28F2N4O2S. The number of hydrogen-bond donors (Lipinski definition) is 0. The molecule has 1 fully saturated rings. The highest BCUT2D eigenvalue weighted by molar-refractivity contribution is 7.22. The van der Waals surface area contributed by atoms with Gasteiger partial charge in [-0.2, -0.15) is 0 Å². The van der Waals surface area contributed by atoms with Crippen molar-refractivity contribution in [1.29, 1.82) is 0 Å². The summed E-state index contributed by atoms with van der Waals surface area (Å²) in [5.74, 6) is -1.15. The first-order valence-electron chi connectivity index (χ1n) is 12.9. The molecule has 0 unspecified atom stereocenters. The van der Waals surface area contributed by atoms with E-state index in [2.05, 4.69) is 28.1 Å².